The first-order chi connectivity index (χ1) is 13.8. The second kappa shape index (κ2) is 7.65. The molecular weight excluding hydrogens is 364 g/mol. The minimum Gasteiger partial charge on any atom is -0.365 e. The summed E-state index contributed by atoms with van der Waals surface area (Å²) in [5.41, 5.74) is 9.33. The maximum Gasteiger partial charge on any atom is 0.252 e. The van der Waals surface area contributed by atoms with Crippen molar-refractivity contribution in [1.29, 1.82) is 0 Å². The predicted octanol–water partition coefficient (Wildman–Crippen LogP) is 3.15. The van der Waals surface area contributed by atoms with E-state index in [0.29, 0.717) is 23.9 Å². The van der Waals surface area contributed by atoms with Crippen LogP contribution in [0.1, 0.15) is 78.0 Å². The second-order valence-corrected chi connectivity index (χ2v) is 8.86. The number of nitrogens with zero attached hydrogens (tertiary/aromatic N) is 3. The van der Waals surface area contributed by atoms with Crippen LogP contribution < -0.4 is 5.73 Å². The number of piperidine rings is 1. The van der Waals surface area contributed by atoms with Crippen LogP contribution in [0.15, 0.2) is 30.5 Å². The third-order valence-corrected chi connectivity index (χ3v) is 6.38. The van der Waals surface area contributed by atoms with E-state index < -0.39 is 5.91 Å². The van der Waals surface area contributed by atoms with Gasteiger partial charge in [0.25, 0.3) is 5.91 Å². The van der Waals surface area contributed by atoms with Gasteiger partial charge in [0.2, 0.25) is 5.91 Å². The van der Waals surface area contributed by atoms with Crippen LogP contribution in [0.5, 0.6) is 0 Å². The number of primary amides is 1. The van der Waals surface area contributed by atoms with Gasteiger partial charge >= 0.3 is 0 Å². The Morgan fingerprint density at radius 3 is 2.59 bits per heavy atom. The number of hydrogen-bond donors (Lipinski definition) is 1. The lowest BCUT2D eigenvalue weighted by molar-refractivity contribution is -0.133. The van der Waals surface area contributed by atoms with Crippen molar-refractivity contribution in [3.8, 4) is 0 Å². The van der Waals surface area contributed by atoms with Crippen molar-refractivity contribution in [2.75, 3.05) is 13.1 Å². The highest BCUT2D eigenvalue weighted by Gasteiger charge is 2.46. The van der Waals surface area contributed by atoms with Crippen molar-refractivity contribution in [2.45, 2.75) is 50.9 Å². The average Bonchev–Trinajstić information content (AvgIpc) is 3.41. The van der Waals surface area contributed by atoms with Gasteiger partial charge in [-0.3, -0.25) is 14.3 Å². The first-order valence-corrected chi connectivity index (χ1v) is 10.6. The topological polar surface area (TPSA) is 81.2 Å². The molecule has 0 bridgehead atoms. The number of aromatic nitrogens is 2. The smallest absolute Gasteiger partial charge is 0.252 e. The molecule has 1 aliphatic carbocycles. The fourth-order valence-corrected chi connectivity index (χ4v) is 4.60. The van der Waals surface area contributed by atoms with Gasteiger partial charge in [-0.25, -0.2) is 0 Å². The number of rotatable bonds is 5. The van der Waals surface area contributed by atoms with Crippen LogP contribution >= 0.6 is 0 Å². The van der Waals surface area contributed by atoms with E-state index in [-0.39, 0.29) is 17.7 Å². The third kappa shape index (κ3) is 3.93. The Morgan fingerprint density at radius 2 is 1.93 bits per heavy atom. The van der Waals surface area contributed by atoms with Crippen molar-refractivity contribution < 1.29 is 9.59 Å². The maximum atomic E-state index is 13.1. The van der Waals surface area contributed by atoms with Crippen molar-refractivity contribution in [1.82, 2.24) is 14.7 Å². The Hall–Kier alpha value is -2.63. The van der Waals surface area contributed by atoms with Gasteiger partial charge in [0.15, 0.2) is 0 Å². The minimum atomic E-state index is -0.455. The number of aryl methyl sites for hydroxylation is 1. The average molecular weight is 395 g/mol. The van der Waals surface area contributed by atoms with Gasteiger partial charge in [-0.05, 0) is 42.2 Å². The highest BCUT2D eigenvalue weighted by Crippen LogP contribution is 2.49. The number of likely N-dealkylation sites (tertiary alicyclic amines) is 1. The van der Waals surface area contributed by atoms with Gasteiger partial charge in [0.05, 0.1) is 11.3 Å². The van der Waals surface area contributed by atoms with Crippen LogP contribution in [0.2, 0.25) is 0 Å². The number of carbonyl (C=O) groups is 2. The van der Waals surface area contributed by atoms with Crippen LogP contribution in [0.4, 0.5) is 0 Å². The number of hydrogen-bond acceptors (Lipinski definition) is 3. The Morgan fingerprint density at radius 1 is 1.21 bits per heavy atom. The molecule has 2 fully saturated rings. The molecule has 6 nitrogen and oxygen atoms in total. The SMILES string of the molecule is CC(C)c1ccc(C2CC2C(=O)N2CCCC(c3nn(C)cc3C(N)=O)C2)cc1. The first-order valence-electron chi connectivity index (χ1n) is 10.6. The van der Waals surface area contributed by atoms with Gasteiger partial charge in [0.1, 0.15) is 0 Å². The van der Waals surface area contributed by atoms with E-state index in [1.165, 1.54) is 11.1 Å². The Labute approximate surface area is 172 Å². The van der Waals surface area contributed by atoms with Gasteiger partial charge < -0.3 is 10.6 Å². The molecule has 1 aliphatic heterocycles. The molecule has 3 atom stereocenters. The minimum absolute atomic E-state index is 0.0684. The Balaban J connectivity index is 1.43. The van der Waals surface area contributed by atoms with Crippen LogP contribution in [0, 0.1) is 5.92 Å². The maximum absolute atomic E-state index is 13.1. The molecule has 0 spiro atoms. The number of benzene rings is 1. The highest BCUT2D eigenvalue weighted by atomic mass is 16.2. The molecule has 1 aromatic heterocycles. The fraction of sp³-hybridized carbons (Fsp3) is 0.522. The van der Waals surface area contributed by atoms with E-state index >= 15 is 0 Å². The zero-order valence-corrected chi connectivity index (χ0v) is 17.5. The molecule has 2 aliphatic rings. The van der Waals surface area contributed by atoms with Crippen molar-refractivity contribution in [3.05, 3.63) is 52.8 Å². The van der Waals surface area contributed by atoms with E-state index in [1.807, 2.05) is 4.90 Å². The summed E-state index contributed by atoms with van der Waals surface area (Å²) in [5.74, 6) is 0.785. The number of nitrogens with two attached hydrogens (primary N) is 1. The summed E-state index contributed by atoms with van der Waals surface area (Å²) < 4.78 is 1.63. The third-order valence-electron chi connectivity index (χ3n) is 6.38. The van der Waals surface area contributed by atoms with Crippen molar-refractivity contribution >= 4 is 11.8 Å². The van der Waals surface area contributed by atoms with Crippen molar-refractivity contribution in [3.63, 3.8) is 0 Å². The zero-order valence-electron chi connectivity index (χ0n) is 17.5. The van der Waals surface area contributed by atoms with Crippen LogP contribution in [-0.2, 0) is 11.8 Å². The fourth-order valence-electron chi connectivity index (χ4n) is 4.60. The number of carbonyl (C=O) groups excluding carboxylic acids is 2. The molecule has 2 heterocycles. The molecule has 0 radical (unpaired) electrons. The Kier molecular flexibility index (Phi) is 5.19. The molecule has 1 saturated heterocycles. The normalized spacial score (nSPS) is 24.0. The lowest BCUT2D eigenvalue weighted by Gasteiger charge is -2.32. The summed E-state index contributed by atoms with van der Waals surface area (Å²) in [5, 5.41) is 4.47. The molecule has 154 valence electrons. The molecule has 29 heavy (non-hydrogen) atoms. The molecule has 6 heteroatoms. The summed E-state index contributed by atoms with van der Waals surface area (Å²) in [4.78, 5) is 26.9. The molecule has 4 rings (SSSR count). The van der Waals surface area contributed by atoms with E-state index in [2.05, 4.69) is 43.2 Å². The van der Waals surface area contributed by atoms with Gasteiger partial charge in [-0.15, -0.1) is 0 Å². The van der Waals surface area contributed by atoms with E-state index in [4.69, 9.17) is 5.73 Å². The largest absolute Gasteiger partial charge is 0.365 e. The van der Waals surface area contributed by atoms with E-state index in [9.17, 15) is 9.59 Å². The van der Waals surface area contributed by atoms with Crippen LogP contribution in [0.3, 0.4) is 0 Å². The molecule has 3 unspecified atom stereocenters. The summed E-state index contributed by atoms with van der Waals surface area (Å²) in [6.45, 7) is 5.78. The lowest BCUT2D eigenvalue weighted by Crippen LogP contribution is -2.40. The predicted molar refractivity (Wildman–Crippen MR) is 112 cm³/mol. The zero-order chi connectivity index (χ0) is 20.7. The quantitative estimate of drug-likeness (QED) is 0.846. The molecule has 2 aromatic rings. The summed E-state index contributed by atoms with van der Waals surface area (Å²) >= 11 is 0. The molecule has 2 N–H and O–H groups in total. The standard InChI is InChI=1S/C23H30N4O2/c1-14(2)15-6-8-16(9-7-15)18-11-19(18)23(29)27-10-4-5-17(12-27)21-20(22(24)28)13-26(3)25-21/h6-9,13-14,17-19H,4-5,10-12H2,1-3H3,(H2,24,28). The summed E-state index contributed by atoms with van der Waals surface area (Å²) in [6.07, 6.45) is 4.45. The van der Waals surface area contributed by atoms with E-state index in [0.717, 1.165) is 31.5 Å². The second-order valence-electron chi connectivity index (χ2n) is 8.86. The monoisotopic (exact) mass is 394 g/mol. The van der Waals surface area contributed by atoms with Crippen LogP contribution in [-0.4, -0.2) is 39.6 Å². The van der Waals surface area contributed by atoms with Gasteiger partial charge in [0, 0.05) is 38.2 Å². The Bertz CT molecular complexity index is 915. The van der Waals surface area contributed by atoms with Gasteiger partial charge in [-0.2, -0.15) is 5.10 Å². The molecule has 2 amide bonds. The highest BCUT2D eigenvalue weighted by molar-refractivity contribution is 5.94. The molecule has 1 saturated carbocycles. The lowest BCUT2D eigenvalue weighted by atomic mass is 9.92. The van der Waals surface area contributed by atoms with Gasteiger partial charge in [-0.1, -0.05) is 38.1 Å². The first kappa shape index (κ1) is 19.7. The molecular formula is C23H30N4O2. The van der Waals surface area contributed by atoms with E-state index in [1.54, 1.807) is 17.9 Å². The number of amides is 2. The summed E-state index contributed by atoms with van der Waals surface area (Å²) in [6, 6.07) is 8.73. The van der Waals surface area contributed by atoms with Crippen LogP contribution in [0.25, 0.3) is 0 Å². The van der Waals surface area contributed by atoms with Crippen molar-refractivity contribution in [2.24, 2.45) is 18.7 Å². The summed E-state index contributed by atoms with van der Waals surface area (Å²) in [7, 11) is 1.79. The molecule has 1 aromatic carbocycles.